The zero-order valence-electron chi connectivity index (χ0n) is 8.29. The van der Waals surface area contributed by atoms with Crippen LogP contribution in [-0.4, -0.2) is 10.2 Å². The molecule has 1 aromatic rings. The molecule has 2 nitrogen and oxygen atoms in total. The predicted octanol–water partition coefficient (Wildman–Crippen LogP) is 2.15. The lowest BCUT2D eigenvalue weighted by atomic mass is 9.97. The summed E-state index contributed by atoms with van der Waals surface area (Å²) in [5.74, 6) is 0.244. The lowest BCUT2D eigenvalue weighted by Gasteiger charge is -2.12. The number of aryl methyl sites for hydroxylation is 1. The van der Waals surface area contributed by atoms with Crippen molar-refractivity contribution in [1.29, 1.82) is 0 Å². The summed E-state index contributed by atoms with van der Waals surface area (Å²) in [6, 6.07) is 3.70. The van der Waals surface area contributed by atoms with Crippen molar-refractivity contribution in [2.24, 2.45) is 0 Å². The number of benzene rings is 1. The lowest BCUT2D eigenvalue weighted by Crippen LogP contribution is -1.98. The van der Waals surface area contributed by atoms with Gasteiger partial charge in [-0.05, 0) is 42.9 Å². The molecular formula is C12H16O2. The van der Waals surface area contributed by atoms with E-state index in [0.717, 1.165) is 18.4 Å². The van der Waals surface area contributed by atoms with Crippen LogP contribution in [0.2, 0.25) is 0 Å². The maximum absolute atomic E-state index is 9.60. The second-order valence-corrected chi connectivity index (χ2v) is 3.92. The van der Waals surface area contributed by atoms with Gasteiger partial charge in [-0.2, -0.15) is 0 Å². The van der Waals surface area contributed by atoms with Gasteiger partial charge in [-0.1, -0.05) is 12.5 Å². The van der Waals surface area contributed by atoms with Crippen molar-refractivity contribution >= 4 is 0 Å². The number of hydrogen-bond donors (Lipinski definition) is 2. The van der Waals surface area contributed by atoms with Gasteiger partial charge in [-0.15, -0.1) is 0 Å². The van der Waals surface area contributed by atoms with Crippen molar-refractivity contribution in [1.82, 2.24) is 0 Å². The Labute approximate surface area is 84.2 Å². The first-order valence-corrected chi connectivity index (χ1v) is 5.26. The molecule has 0 spiro atoms. The minimum absolute atomic E-state index is 0.0466. The van der Waals surface area contributed by atoms with Gasteiger partial charge in [0.15, 0.2) is 0 Å². The fourth-order valence-electron chi connectivity index (χ4n) is 2.25. The molecule has 2 rings (SSSR count). The molecule has 0 amide bonds. The molecule has 0 heterocycles. The molecule has 1 aromatic carbocycles. The number of rotatable bonds is 1. The molecule has 14 heavy (non-hydrogen) atoms. The number of aliphatic hydroxyl groups is 1. The van der Waals surface area contributed by atoms with Crippen LogP contribution in [0.5, 0.6) is 5.75 Å². The van der Waals surface area contributed by atoms with Gasteiger partial charge in [0.25, 0.3) is 0 Å². The molecule has 1 aliphatic carbocycles. The summed E-state index contributed by atoms with van der Waals surface area (Å²) < 4.78 is 0. The molecule has 0 atom stereocenters. The van der Waals surface area contributed by atoms with Crippen LogP contribution in [0.1, 0.15) is 36.0 Å². The van der Waals surface area contributed by atoms with Crippen LogP contribution in [0.4, 0.5) is 0 Å². The van der Waals surface area contributed by atoms with Gasteiger partial charge >= 0.3 is 0 Å². The average Bonchev–Trinajstić information content (AvgIpc) is 2.42. The Bertz CT molecular complexity index is 331. The normalized spacial score (nSPS) is 16.1. The largest absolute Gasteiger partial charge is 0.508 e. The van der Waals surface area contributed by atoms with Crippen LogP contribution in [0.25, 0.3) is 0 Å². The summed E-state index contributed by atoms with van der Waals surface area (Å²) >= 11 is 0. The highest BCUT2D eigenvalue weighted by Crippen LogP contribution is 2.29. The van der Waals surface area contributed by atoms with E-state index in [9.17, 15) is 10.2 Å². The monoisotopic (exact) mass is 192 g/mol. The maximum atomic E-state index is 9.60. The van der Waals surface area contributed by atoms with E-state index in [2.05, 4.69) is 0 Å². The molecular weight excluding hydrogens is 176 g/mol. The Kier molecular flexibility index (Phi) is 2.73. The van der Waals surface area contributed by atoms with Crippen LogP contribution < -0.4 is 0 Å². The number of phenols is 1. The van der Waals surface area contributed by atoms with Crippen molar-refractivity contribution in [3.63, 3.8) is 0 Å². The third-order valence-corrected chi connectivity index (χ3v) is 3.03. The summed E-state index contributed by atoms with van der Waals surface area (Å²) in [5, 5.41) is 18.8. The second-order valence-electron chi connectivity index (χ2n) is 3.92. The molecule has 0 unspecified atom stereocenters. The number of aromatic hydroxyl groups is 1. The minimum Gasteiger partial charge on any atom is -0.508 e. The first-order chi connectivity index (χ1) is 6.83. The van der Waals surface area contributed by atoms with Crippen molar-refractivity contribution in [2.75, 3.05) is 0 Å². The molecule has 0 bridgehead atoms. The molecule has 2 N–H and O–H groups in total. The van der Waals surface area contributed by atoms with E-state index < -0.39 is 0 Å². The topological polar surface area (TPSA) is 40.5 Å². The van der Waals surface area contributed by atoms with Gasteiger partial charge in [-0.25, -0.2) is 0 Å². The van der Waals surface area contributed by atoms with E-state index in [1.165, 1.54) is 30.4 Å². The Morgan fingerprint density at radius 1 is 1.07 bits per heavy atom. The smallest absolute Gasteiger partial charge is 0.121 e. The first-order valence-electron chi connectivity index (χ1n) is 5.26. The molecule has 0 fully saturated rings. The van der Waals surface area contributed by atoms with Crippen molar-refractivity contribution in [3.8, 4) is 5.75 Å². The standard InChI is InChI=1S/C12H16O2/c13-8-11-10-5-3-1-2-4-9(10)6-7-12(11)14/h6-7,13-14H,1-5,8H2. The van der Waals surface area contributed by atoms with Gasteiger partial charge in [0.05, 0.1) is 6.61 Å². The van der Waals surface area contributed by atoms with E-state index in [1.807, 2.05) is 6.07 Å². The van der Waals surface area contributed by atoms with Crippen LogP contribution in [0, 0.1) is 0 Å². The molecule has 0 aromatic heterocycles. The highest BCUT2D eigenvalue weighted by atomic mass is 16.3. The van der Waals surface area contributed by atoms with E-state index in [-0.39, 0.29) is 12.4 Å². The van der Waals surface area contributed by atoms with Crippen LogP contribution >= 0.6 is 0 Å². The SMILES string of the molecule is OCc1c(O)ccc2c1CCCCC2. The number of fused-ring (bicyclic) bond motifs is 1. The zero-order chi connectivity index (χ0) is 9.97. The first kappa shape index (κ1) is 9.53. The highest BCUT2D eigenvalue weighted by Gasteiger charge is 2.14. The van der Waals surface area contributed by atoms with E-state index in [0.29, 0.717) is 0 Å². The number of hydrogen-bond acceptors (Lipinski definition) is 2. The third-order valence-electron chi connectivity index (χ3n) is 3.03. The van der Waals surface area contributed by atoms with Crippen LogP contribution in [0.3, 0.4) is 0 Å². The van der Waals surface area contributed by atoms with E-state index >= 15 is 0 Å². The molecule has 0 saturated carbocycles. The van der Waals surface area contributed by atoms with Gasteiger partial charge in [-0.3, -0.25) is 0 Å². The molecule has 1 aliphatic rings. The van der Waals surface area contributed by atoms with Gasteiger partial charge in [0, 0.05) is 5.56 Å². The Morgan fingerprint density at radius 3 is 2.64 bits per heavy atom. The summed E-state index contributed by atoms with van der Waals surface area (Å²) in [6.07, 6.45) is 5.73. The van der Waals surface area contributed by atoms with Crippen molar-refractivity contribution in [3.05, 3.63) is 28.8 Å². The Hall–Kier alpha value is -1.02. The second kappa shape index (κ2) is 4.01. The minimum atomic E-state index is -0.0466. The van der Waals surface area contributed by atoms with Gasteiger partial charge in [0.1, 0.15) is 5.75 Å². The zero-order valence-corrected chi connectivity index (χ0v) is 8.29. The molecule has 0 saturated heterocycles. The van der Waals surface area contributed by atoms with Crippen LogP contribution in [0.15, 0.2) is 12.1 Å². The summed E-state index contributed by atoms with van der Waals surface area (Å²) in [4.78, 5) is 0. The molecule has 76 valence electrons. The quantitative estimate of drug-likeness (QED) is 0.669. The van der Waals surface area contributed by atoms with Crippen molar-refractivity contribution < 1.29 is 10.2 Å². The van der Waals surface area contributed by atoms with Gasteiger partial charge < -0.3 is 10.2 Å². The van der Waals surface area contributed by atoms with E-state index in [1.54, 1.807) is 6.07 Å². The van der Waals surface area contributed by atoms with E-state index in [4.69, 9.17) is 0 Å². The molecule has 0 aliphatic heterocycles. The summed E-state index contributed by atoms with van der Waals surface area (Å²) in [7, 11) is 0. The van der Waals surface area contributed by atoms with Crippen molar-refractivity contribution in [2.45, 2.75) is 38.7 Å². The van der Waals surface area contributed by atoms with Gasteiger partial charge in [0.2, 0.25) is 0 Å². The predicted molar refractivity (Wildman–Crippen MR) is 55.3 cm³/mol. The maximum Gasteiger partial charge on any atom is 0.121 e. The fourth-order valence-corrected chi connectivity index (χ4v) is 2.25. The number of aliphatic hydroxyl groups excluding tert-OH is 1. The molecule has 2 heteroatoms. The third kappa shape index (κ3) is 1.62. The highest BCUT2D eigenvalue weighted by molar-refractivity contribution is 5.44. The lowest BCUT2D eigenvalue weighted by molar-refractivity contribution is 0.274. The summed E-state index contributed by atoms with van der Waals surface area (Å²) in [6.45, 7) is -0.0466. The summed E-state index contributed by atoms with van der Waals surface area (Å²) in [5.41, 5.74) is 3.23. The molecule has 0 radical (unpaired) electrons. The average molecular weight is 192 g/mol. The Balaban J connectivity index is 2.48. The van der Waals surface area contributed by atoms with Crippen LogP contribution in [-0.2, 0) is 19.4 Å². The fraction of sp³-hybridized carbons (Fsp3) is 0.500. The Morgan fingerprint density at radius 2 is 1.86 bits per heavy atom.